The number of nitrogens with zero attached hydrogens (tertiary/aromatic N) is 1. The maximum atomic E-state index is 12.6. The summed E-state index contributed by atoms with van der Waals surface area (Å²) in [6.45, 7) is 1.76. The molecular weight excluding hydrogens is 314 g/mol. The van der Waals surface area contributed by atoms with Crippen molar-refractivity contribution >= 4 is 28.5 Å². The van der Waals surface area contributed by atoms with E-state index in [1.54, 1.807) is 31.2 Å². The van der Waals surface area contributed by atoms with Gasteiger partial charge >= 0.3 is 5.97 Å². The Morgan fingerprint density at radius 2 is 1.91 bits per heavy atom. The number of hydrogen-bond acceptors (Lipinski definition) is 2. The molecule has 0 spiro atoms. The number of carboxylic acids is 1. The molecule has 23 heavy (non-hydrogen) atoms. The summed E-state index contributed by atoms with van der Waals surface area (Å²) in [5, 5.41) is 10.2. The van der Waals surface area contributed by atoms with E-state index in [9.17, 15) is 9.59 Å². The van der Waals surface area contributed by atoms with Gasteiger partial charge in [-0.1, -0.05) is 29.8 Å². The van der Waals surface area contributed by atoms with E-state index in [0.29, 0.717) is 16.1 Å². The number of fused-ring (bicyclic) bond motifs is 1. The average molecular weight is 328 g/mol. The molecule has 0 saturated carbocycles. The van der Waals surface area contributed by atoms with E-state index >= 15 is 0 Å². The minimum atomic E-state index is -1.03. The van der Waals surface area contributed by atoms with Crippen molar-refractivity contribution < 1.29 is 9.90 Å². The summed E-state index contributed by atoms with van der Waals surface area (Å²) in [7, 11) is 0. The van der Waals surface area contributed by atoms with Crippen LogP contribution in [0.3, 0.4) is 0 Å². The maximum Gasteiger partial charge on any atom is 0.308 e. The smallest absolute Gasteiger partial charge is 0.308 e. The number of carbonyl (C=O) groups is 1. The number of rotatable bonds is 3. The Balaban J connectivity index is 2.44. The van der Waals surface area contributed by atoms with Gasteiger partial charge in [-0.2, -0.15) is 0 Å². The summed E-state index contributed by atoms with van der Waals surface area (Å²) in [6, 6.07) is 14.4. The monoisotopic (exact) mass is 327 g/mol. The fraction of sp³-hybridized carbons (Fsp3) is 0.111. The molecule has 1 N–H and O–H groups in total. The molecule has 0 amide bonds. The van der Waals surface area contributed by atoms with Gasteiger partial charge in [0.2, 0.25) is 0 Å². The fourth-order valence-corrected chi connectivity index (χ4v) is 3.00. The maximum absolute atomic E-state index is 12.6. The lowest BCUT2D eigenvalue weighted by atomic mass is 10.0. The zero-order valence-corrected chi connectivity index (χ0v) is 13.2. The number of aliphatic carboxylic acids is 1. The normalized spacial score (nSPS) is 10.9. The Hall–Kier alpha value is -2.59. The number of aromatic nitrogens is 1. The molecule has 0 fully saturated rings. The standard InChI is InChI=1S/C18H14ClNO3/c1-11-15(10-17(21)22)18(23)14-7-2-3-8-16(14)20(11)13-6-4-5-12(19)9-13/h2-9H,10H2,1H3,(H,21,22). The van der Waals surface area contributed by atoms with Crippen LogP contribution in [0.4, 0.5) is 0 Å². The molecule has 5 heteroatoms. The van der Waals surface area contributed by atoms with Crippen molar-refractivity contribution in [3.8, 4) is 5.69 Å². The SMILES string of the molecule is Cc1c(CC(=O)O)c(=O)c2ccccc2n1-c1cccc(Cl)c1. The van der Waals surface area contributed by atoms with E-state index in [1.807, 2.05) is 28.8 Å². The van der Waals surface area contributed by atoms with Crippen LogP contribution in [-0.2, 0) is 11.2 Å². The number of carboxylic acid groups (broad SMARTS) is 1. The van der Waals surface area contributed by atoms with Crippen LogP contribution in [0.5, 0.6) is 0 Å². The molecule has 0 aliphatic rings. The van der Waals surface area contributed by atoms with Gasteiger partial charge in [0.05, 0.1) is 11.9 Å². The van der Waals surface area contributed by atoms with Crippen LogP contribution in [0.25, 0.3) is 16.6 Å². The van der Waals surface area contributed by atoms with Crippen LogP contribution in [0, 0.1) is 6.92 Å². The van der Waals surface area contributed by atoms with Crippen molar-refractivity contribution in [1.82, 2.24) is 4.57 Å². The second-order valence-electron chi connectivity index (χ2n) is 5.30. The number of hydrogen-bond donors (Lipinski definition) is 1. The first kappa shape index (κ1) is 15.3. The van der Waals surface area contributed by atoms with Gasteiger partial charge in [0.15, 0.2) is 5.43 Å². The summed E-state index contributed by atoms with van der Waals surface area (Å²) in [5.41, 5.74) is 2.18. The zero-order chi connectivity index (χ0) is 16.6. The fourth-order valence-electron chi connectivity index (χ4n) is 2.81. The molecule has 0 aliphatic heterocycles. The lowest BCUT2D eigenvalue weighted by Crippen LogP contribution is -2.20. The largest absolute Gasteiger partial charge is 0.481 e. The highest BCUT2D eigenvalue weighted by atomic mass is 35.5. The van der Waals surface area contributed by atoms with E-state index in [1.165, 1.54) is 0 Å². The van der Waals surface area contributed by atoms with Crippen molar-refractivity contribution in [1.29, 1.82) is 0 Å². The summed E-state index contributed by atoms with van der Waals surface area (Å²) in [4.78, 5) is 23.8. The predicted molar refractivity (Wildman–Crippen MR) is 90.6 cm³/mol. The van der Waals surface area contributed by atoms with E-state index in [0.717, 1.165) is 11.2 Å². The molecule has 0 aliphatic carbocycles. The third-order valence-electron chi connectivity index (χ3n) is 3.83. The second-order valence-corrected chi connectivity index (χ2v) is 5.73. The van der Waals surface area contributed by atoms with Crippen LogP contribution in [0.2, 0.25) is 5.02 Å². The number of para-hydroxylation sites is 1. The van der Waals surface area contributed by atoms with Gasteiger partial charge in [0.25, 0.3) is 0 Å². The molecule has 0 bridgehead atoms. The number of benzene rings is 2. The molecule has 1 heterocycles. The molecule has 1 aromatic heterocycles. The highest BCUT2D eigenvalue weighted by Crippen LogP contribution is 2.23. The van der Waals surface area contributed by atoms with E-state index in [-0.39, 0.29) is 17.4 Å². The van der Waals surface area contributed by atoms with Gasteiger partial charge < -0.3 is 9.67 Å². The molecule has 0 radical (unpaired) electrons. The number of halogens is 1. The summed E-state index contributed by atoms with van der Waals surface area (Å²) in [5.74, 6) is -1.03. The van der Waals surface area contributed by atoms with Crippen molar-refractivity contribution in [2.24, 2.45) is 0 Å². The van der Waals surface area contributed by atoms with Crippen LogP contribution >= 0.6 is 11.6 Å². The molecule has 116 valence electrons. The highest BCUT2D eigenvalue weighted by molar-refractivity contribution is 6.30. The quantitative estimate of drug-likeness (QED) is 0.800. The topological polar surface area (TPSA) is 59.3 Å². The van der Waals surface area contributed by atoms with Crippen LogP contribution in [0.1, 0.15) is 11.3 Å². The van der Waals surface area contributed by atoms with Crippen molar-refractivity contribution in [3.05, 3.63) is 75.0 Å². The molecule has 0 unspecified atom stereocenters. The summed E-state index contributed by atoms with van der Waals surface area (Å²) < 4.78 is 1.88. The lowest BCUT2D eigenvalue weighted by molar-refractivity contribution is -0.136. The van der Waals surface area contributed by atoms with Gasteiger partial charge in [-0.05, 0) is 37.3 Å². The predicted octanol–water partition coefficient (Wildman–Crippen LogP) is 3.58. The Labute approximate surface area is 137 Å². The highest BCUT2D eigenvalue weighted by Gasteiger charge is 2.17. The van der Waals surface area contributed by atoms with Crippen LogP contribution in [-0.4, -0.2) is 15.6 Å². The Morgan fingerprint density at radius 1 is 1.17 bits per heavy atom. The van der Waals surface area contributed by atoms with Gasteiger partial charge in [-0.25, -0.2) is 0 Å². The van der Waals surface area contributed by atoms with Gasteiger partial charge in [0, 0.05) is 27.4 Å². The average Bonchev–Trinajstić information content (AvgIpc) is 2.51. The molecule has 3 rings (SSSR count). The Morgan fingerprint density at radius 3 is 2.61 bits per heavy atom. The summed E-state index contributed by atoms with van der Waals surface area (Å²) >= 11 is 6.08. The van der Waals surface area contributed by atoms with Crippen LogP contribution in [0.15, 0.2) is 53.3 Å². The molecule has 0 atom stereocenters. The van der Waals surface area contributed by atoms with E-state index in [4.69, 9.17) is 16.7 Å². The van der Waals surface area contributed by atoms with Crippen molar-refractivity contribution in [2.75, 3.05) is 0 Å². The molecule has 4 nitrogen and oxygen atoms in total. The third-order valence-corrected chi connectivity index (χ3v) is 4.07. The van der Waals surface area contributed by atoms with Crippen LogP contribution < -0.4 is 5.43 Å². The Kier molecular flexibility index (Phi) is 3.92. The first-order valence-electron chi connectivity index (χ1n) is 7.10. The molecular formula is C18H14ClNO3. The minimum Gasteiger partial charge on any atom is -0.481 e. The first-order valence-corrected chi connectivity index (χ1v) is 7.48. The van der Waals surface area contributed by atoms with Gasteiger partial charge in [-0.3, -0.25) is 9.59 Å². The van der Waals surface area contributed by atoms with Gasteiger partial charge in [-0.15, -0.1) is 0 Å². The van der Waals surface area contributed by atoms with E-state index in [2.05, 4.69) is 0 Å². The minimum absolute atomic E-state index is 0.237. The summed E-state index contributed by atoms with van der Waals surface area (Å²) in [6.07, 6.45) is -0.309. The third kappa shape index (κ3) is 2.73. The number of pyridine rings is 1. The van der Waals surface area contributed by atoms with Crippen molar-refractivity contribution in [2.45, 2.75) is 13.3 Å². The van der Waals surface area contributed by atoms with Gasteiger partial charge in [0.1, 0.15) is 0 Å². The lowest BCUT2D eigenvalue weighted by Gasteiger charge is -2.18. The first-order chi connectivity index (χ1) is 11.0. The molecule has 2 aromatic carbocycles. The molecule has 3 aromatic rings. The molecule has 0 saturated heterocycles. The van der Waals surface area contributed by atoms with E-state index < -0.39 is 5.97 Å². The Bertz CT molecular complexity index is 976. The second kappa shape index (κ2) is 5.89. The van der Waals surface area contributed by atoms with Crippen molar-refractivity contribution in [3.63, 3.8) is 0 Å². The zero-order valence-electron chi connectivity index (χ0n) is 12.4.